The minimum atomic E-state index is -2.56. The van der Waals surface area contributed by atoms with Crippen LogP contribution in [0.4, 0.5) is 14.5 Å². The van der Waals surface area contributed by atoms with E-state index < -0.39 is 6.43 Å². The molecule has 1 unspecified atom stereocenters. The van der Waals surface area contributed by atoms with Crippen molar-refractivity contribution in [1.82, 2.24) is 14.5 Å². The molecule has 4 rings (SSSR count). The van der Waals surface area contributed by atoms with Crippen molar-refractivity contribution in [3.8, 4) is 11.9 Å². The van der Waals surface area contributed by atoms with Gasteiger partial charge in [0.05, 0.1) is 11.2 Å². The van der Waals surface area contributed by atoms with Gasteiger partial charge in [-0.1, -0.05) is 6.92 Å². The molecular formula is C22H21F2N5O2. The molecule has 1 aliphatic rings. The Morgan fingerprint density at radius 1 is 1.29 bits per heavy atom. The molecular weight excluding hydrogens is 404 g/mol. The van der Waals surface area contributed by atoms with Crippen molar-refractivity contribution >= 4 is 16.7 Å². The third kappa shape index (κ3) is 4.06. The molecule has 0 N–H and O–H groups in total. The number of hydrogen-bond acceptors (Lipinski definition) is 6. The van der Waals surface area contributed by atoms with Gasteiger partial charge in [-0.25, -0.2) is 18.7 Å². The van der Waals surface area contributed by atoms with Crippen molar-refractivity contribution in [2.24, 2.45) is 13.0 Å². The van der Waals surface area contributed by atoms with Gasteiger partial charge in [0.25, 0.3) is 12.0 Å². The van der Waals surface area contributed by atoms with Crippen LogP contribution in [0.3, 0.4) is 0 Å². The van der Waals surface area contributed by atoms with E-state index in [0.29, 0.717) is 42.1 Å². The maximum absolute atomic E-state index is 12.7. The van der Waals surface area contributed by atoms with Crippen LogP contribution in [0.15, 0.2) is 41.3 Å². The molecule has 1 fully saturated rings. The van der Waals surface area contributed by atoms with E-state index in [0.717, 1.165) is 6.20 Å². The quantitative estimate of drug-likeness (QED) is 0.637. The predicted octanol–water partition coefficient (Wildman–Crippen LogP) is 3.43. The molecule has 2 atom stereocenters. The third-order valence-corrected chi connectivity index (χ3v) is 5.63. The number of aromatic nitrogens is 3. The molecule has 160 valence electrons. The van der Waals surface area contributed by atoms with Gasteiger partial charge in [-0.3, -0.25) is 4.79 Å². The minimum absolute atomic E-state index is 0.0867. The summed E-state index contributed by atoms with van der Waals surface area (Å²) in [6.45, 7) is 3.26. The first kappa shape index (κ1) is 20.7. The summed E-state index contributed by atoms with van der Waals surface area (Å²) in [7, 11) is 1.68. The SMILES string of the molecule is CC1CN(c2cc(=O)n(C)c3ccc(C#N)nc23)CC[C@@H]1Oc1ccc(C(F)F)cn1. The molecule has 3 aromatic rings. The maximum atomic E-state index is 12.7. The number of fused-ring (bicyclic) bond motifs is 1. The molecule has 4 heterocycles. The van der Waals surface area contributed by atoms with Crippen molar-refractivity contribution in [2.45, 2.75) is 25.9 Å². The Labute approximate surface area is 177 Å². The summed E-state index contributed by atoms with van der Waals surface area (Å²) in [4.78, 5) is 23.0. The highest BCUT2D eigenvalue weighted by molar-refractivity contribution is 5.88. The summed E-state index contributed by atoms with van der Waals surface area (Å²) in [6, 6.07) is 9.71. The van der Waals surface area contributed by atoms with E-state index in [1.54, 1.807) is 25.2 Å². The average Bonchev–Trinajstić information content (AvgIpc) is 2.77. The zero-order chi connectivity index (χ0) is 22.1. The van der Waals surface area contributed by atoms with Crippen LogP contribution < -0.4 is 15.2 Å². The van der Waals surface area contributed by atoms with Gasteiger partial charge in [-0.15, -0.1) is 0 Å². The molecule has 9 heteroatoms. The van der Waals surface area contributed by atoms with Crippen LogP contribution in [-0.2, 0) is 7.05 Å². The van der Waals surface area contributed by atoms with Gasteiger partial charge in [0, 0.05) is 56.4 Å². The minimum Gasteiger partial charge on any atom is -0.474 e. The second kappa shape index (κ2) is 8.30. The largest absolute Gasteiger partial charge is 0.474 e. The van der Waals surface area contributed by atoms with Crippen LogP contribution in [0.2, 0.25) is 0 Å². The molecule has 3 aromatic heterocycles. The van der Waals surface area contributed by atoms with Gasteiger partial charge in [0.1, 0.15) is 23.4 Å². The van der Waals surface area contributed by atoms with E-state index in [-0.39, 0.29) is 28.8 Å². The first-order chi connectivity index (χ1) is 14.9. The van der Waals surface area contributed by atoms with Gasteiger partial charge in [0.15, 0.2) is 0 Å². The molecule has 0 aliphatic carbocycles. The molecule has 0 saturated carbocycles. The zero-order valence-corrected chi connectivity index (χ0v) is 17.1. The number of alkyl halides is 2. The van der Waals surface area contributed by atoms with E-state index >= 15 is 0 Å². The van der Waals surface area contributed by atoms with E-state index in [9.17, 15) is 18.8 Å². The summed E-state index contributed by atoms with van der Waals surface area (Å²) >= 11 is 0. The number of anilines is 1. The third-order valence-electron chi connectivity index (χ3n) is 5.63. The Morgan fingerprint density at radius 3 is 2.74 bits per heavy atom. The second-order valence-corrected chi connectivity index (χ2v) is 7.70. The number of pyridine rings is 3. The molecule has 0 bridgehead atoms. The normalized spacial score (nSPS) is 18.9. The monoisotopic (exact) mass is 425 g/mol. The Bertz CT molecular complexity index is 1200. The Kier molecular flexibility index (Phi) is 5.55. The molecule has 0 amide bonds. The predicted molar refractivity (Wildman–Crippen MR) is 111 cm³/mol. The van der Waals surface area contributed by atoms with E-state index in [2.05, 4.69) is 14.9 Å². The lowest BCUT2D eigenvalue weighted by atomic mass is 9.96. The highest BCUT2D eigenvalue weighted by Crippen LogP contribution is 2.30. The summed E-state index contributed by atoms with van der Waals surface area (Å²) in [5.41, 5.74) is 1.96. The van der Waals surface area contributed by atoms with E-state index in [4.69, 9.17) is 4.74 Å². The topological polar surface area (TPSA) is 84.0 Å². The number of piperidine rings is 1. The van der Waals surface area contributed by atoms with Gasteiger partial charge >= 0.3 is 0 Å². The van der Waals surface area contributed by atoms with Crippen LogP contribution in [0.1, 0.15) is 31.0 Å². The Morgan fingerprint density at radius 2 is 2.10 bits per heavy atom. The number of aryl methyl sites for hydroxylation is 1. The van der Waals surface area contributed by atoms with Crippen LogP contribution in [-0.4, -0.2) is 33.7 Å². The van der Waals surface area contributed by atoms with Crippen LogP contribution in [0.25, 0.3) is 11.0 Å². The number of rotatable bonds is 4. The van der Waals surface area contributed by atoms with Crippen molar-refractivity contribution in [1.29, 1.82) is 5.26 Å². The van der Waals surface area contributed by atoms with E-state index in [1.807, 2.05) is 13.0 Å². The first-order valence-corrected chi connectivity index (χ1v) is 9.94. The molecule has 31 heavy (non-hydrogen) atoms. The molecule has 1 saturated heterocycles. The lowest BCUT2D eigenvalue weighted by Gasteiger charge is -2.38. The van der Waals surface area contributed by atoms with Crippen molar-refractivity contribution in [3.63, 3.8) is 0 Å². The second-order valence-electron chi connectivity index (χ2n) is 7.70. The van der Waals surface area contributed by atoms with Crippen molar-refractivity contribution < 1.29 is 13.5 Å². The van der Waals surface area contributed by atoms with Crippen molar-refractivity contribution in [2.75, 3.05) is 18.0 Å². The summed E-state index contributed by atoms with van der Waals surface area (Å²) in [5.74, 6) is 0.401. The Balaban J connectivity index is 1.56. The van der Waals surface area contributed by atoms with Crippen LogP contribution >= 0.6 is 0 Å². The first-order valence-electron chi connectivity index (χ1n) is 9.94. The highest BCUT2D eigenvalue weighted by atomic mass is 19.3. The zero-order valence-electron chi connectivity index (χ0n) is 17.1. The lowest BCUT2D eigenvalue weighted by Crippen LogP contribution is -2.45. The molecule has 7 nitrogen and oxygen atoms in total. The summed E-state index contributed by atoms with van der Waals surface area (Å²) in [5, 5.41) is 9.23. The van der Waals surface area contributed by atoms with Gasteiger partial charge < -0.3 is 14.2 Å². The fourth-order valence-corrected chi connectivity index (χ4v) is 3.88. The highest BCUT2D eigenvalue weighted by Gasteiger charge is 2.29. The van der Waals surface area contributed by atoms with Gasteiger partial charge in [-0.05, 0) is 18.2 Å². The molecule has 0 aromatic carbocycles. The molecule has 0 radical (unpaired) electrons. The fourth-order valence-electron chi connectivity index (χ4n) is 3.88. The smallest absolute Gasteiger partial charge is 0.265 e. The average molecular weight is 425 g/mol. The van der Waals surface area contributed by atoms with Crippen molar-refractivity contribution in [3.05, 3.63) is 58.1 Å². The van der Waals surface area contributed by atoms with Gasteiger partial charge in [0.2, 0.25) is 5.88 Å². The molecule has 0 spiro atoms. The lowest BCUT2D eigenvalue weighted by molar-refractivity contribution is 0.115. The number of hydrogen-bond donors (Lipinski definition) is 0. The Hall–Kier alpha value is -3.54. The van der Waals surface area contributed by atoms with Gasteiger partial charge in [-0.2, -0.15) is 5.26 Å². The number of nitrogens with zero attached hydrogens (tertiary/aromatic N) is 5. The molecule has 1 aliphatic heterocycles. The summed E-state index contributed by atoms with van der Waals surface area (Å²) < 4.78 is 32.9. The number of ether oxygens (including phenoxy) is 1. The summed E-state index contributed by atoms with van der Waals surface area (Å²) in [6.07, 6.45) is -0.910. The van der Waals surface area contributed by atoms with Crippen LogP contribution in [0, 0.1) is 17.2 Å². The fraction of sp³-hybridized carbons (Fsp3) is 0.364. The number of nitriles is 1. The standard InChI is InChI=1S/C22H21F2N5O2/c1-13-12-29(8-7-18(13)31-19-6-3-14(11-26-19)22(23)24)17-9-20(30)28(2)16-5-4-15(10-25)27-21(16)17/h3-6,9,11,13,18,22H,7-8,12H2,1-2H3/t13?,18-/m0/s1. The van der Waals surface area contributed by atoms with E-state index in [1.165, 1.54) is 16.7 Å². The van der Waals surface area contributed by atoms with Crippen LogP contribution in [0.5, 0.6) is 5.88 Å². The number of halogens is 2. The maximum Gasteiger partial charge on any atom is 0.265 e.